The number of amides is 1. The van der Waals surface area contributed by atoms with E-state index in [1.807, 2.05) is 30.3 Å². The van der Waals surface area contributed by atoms with E-state index in [0.29, 0.717) is 17.2 Å². The van der Waals surface area contributed by atoms with Crippen LogP contribution in [0, 0.1) is 5.92 Å². The molecule has 1 aliphatic carbocycles. The molecule has 6 nitrogen and oxygen atoms in total. The van der Waals surface area contributed by atoms with E-state index in [0.717, 1.165) is 25.7 Å². The molecule has 3 rings (SSSR count). The summed E-state index contributed by atoms with van der Waals surface area (Å²) in [5.74, 6) is 0.629. The van der Waals surface area contributed by atoms with Crippen LogP contribution in [0.15, 0.2) is 47.1 Å². The third kappa shape index (κ3) is 5.15. The first-order chi connectivity index (χ1) is 13.5. The molecule has 0 unspecified atom stereocenters. The number of furan rings is 1. The van der Waals surface area contributed by atoms with E-state index in [2.05, 4.69) is 6.92 Å². The highest BCUT2D eigenvalue weighted by Gasteiger charge is 2.26. The first-order valence-corrected chi connectivity index (χ1v) is 9.71. The summed E-state index contributed by atoms with van der Waals surface area (Å²) in [5, 5.41) is 0. The van der Waals surface area contributed by atoms with Crippen LogP contribution in [0.25, 0.3) is 0 Å². The van der Waals surface area contributed by atoms with Gasteiger partial charge < -0.3 is 18.8 Å². The average molecular weight is 385 g/mol. The summed E-state index contributed by atoms with van der Waals surface area (Å²) in [6, 6.07) is 11.2. The van der Waals surface area contributed by atoms with Gasteiger partial charge >= 0.3 is 5.97 Å². The summed E-state index contributed by atoms with van der Waals surface area (Å²) >= 11 is 0. The molecule has 0 saturated heterocycles. The number of nitrogens with zero attached hydrogens (tertiary/aromatic N) is 1. The minimum Gasteiger partial charge on any atom is -0.489 e. The van der Waals surface area contributed by atoms with Gasteiger partial charge in [0.15, 0.2) is 6.61 Å². The number of hydrogen-bond acceptors (Lipinski definition) is 5. The molecular weight excluding hydrogens is 358 g/mol. The van der Waals surface area contributed by atoms with Crippen molar-refractivity contribution in [3.8, 4) is 5.75 Å². The zero-order valence-electron chi connectivity index (χ0n) is 16.4. The molecule has 1 aliphatic rings. The van der Waals surface area contributed by atoms with Gasteiger partial charge in [-0.05, 0) is 49.8 Å². The van der Waals surface area contributed by atoms with Crippen LogP contribution in [0.2, 0.25) is 0 Å². The number of esters is 1. The molecule has 1 fully saturated rings. The Morgan fingerprint density at radius 2 is 1.82 bits per heavy atom. The fourth-order valence-electron chi connectivity index (χ4n) is 3.43. The molecule has 1 amide bonds. The van der Waals surface area contributed by atoms with E-state index in [-0.39, 0.29) is 30.9 Å². The van der Waals surface area contributed by atoms with Gasteiger partial charge in [0, 0.05) is 18.7 Å². The van der Waals surface area contributed by atoms with E-state index in [1.165, 1.54) is 6.26 Å². The van der Waals surface area contributed by atoms with Crippen molar-refractivity contribution in [3.05, 3.63) is 54.0 Å². The number of carbonyl (C=O) groups is 2. The normalized spacial score (nSPS) is 19.1. The maximum Gasteiger partial charge on any atom is 0.375 e. The van der Waals surface area contributed by atoms with Gasteiger partial charge in [-0.3, -0.25) is 4.79 Å². The lowest BCUT2D eigenvalue weighted by molar-refractivity contribution is -0.136. The van der Waals surface area contributed by atoms with Crippen LogP contribution >= 0.6 is 0 Å². The van der Waals surface area contributed by atoms with Crippen molar-refractivity contribution in [2.75, 3.05) is 13.7 Å². The second-order valence-corrected chi connectivity index (χ2v) is 7.37. The maximum absolute atomic E-state index is 12.4. The van der Waals surface area contributed by atoms with Crippen LogP contribution in [0.4, 0.5) is 0 Å². The molecular formula is C22H27NO5. The molecule has 0 spiro atoms. The van der Waals surface area contributed by atoms with Crippen LogP contribution in [-0.4, -0.2) is 36.5 Å². The molecule has 1 saturated carbocycles. The van der Waals surface area contributed by atoms with Crippen LogP contribution in [-0.2, 0) is 16.1 Å². The van der Waals surface area contributed by atoms with Crippen molar-refractivity contribution in [3.63, 3.8) is 0 Å². The van der Waals surface area contributed by atoms with E-state index < -0.39 is 5.97 Å². The van der Waals surface area contributed by atoms with E-state index in [4.69, 9.17) is 13.9 Å². The Morgan fingerprint density at radius 1 is 1.11 bits per heavy atom. The molecule has 1 aromatic carbocycles. The zero-order chi connectivity index (χ0) is 19.9. The quantitative estimate of drug-likeness (QED) is 0.673. The smallest absolute Gasteiger partial charge is 0.375 e. The Balaban J connectivity index is 1.49. The monoisotopic (exact) mass is 385 g/mol. The third-order valence-corrected chi connectivity index (χ3v) is 5.32. The first-order valence-electron chi connectivity index (χ1n) is 9.71. The van der Waals surface area contributed by atoms with Gasteiger partial charge in [0.1, 0.15) is 12.4 Å². The van der Waals surface area contributed by atoms with Gasteiger partial charge in [0.25, 0.3) is 5.91 Å². The van der Waals surface area contributed by atoms with Crippen molar-refractivity contribution in [1.29, 1.82) is 0 Å². The van der Waals surface area contributed by atoms with Crippen molar-refractivity contribution in [1.82, 2.24) is 4.90 Å². The highest BCUT2D eigenvalue weighted by molar-refractivity contribution is 5.90. The minimum atomic E-state index is -0.657. The second kappa shape index (κ2) is 9.44. The fourth-order valence-corrected chi connectivity index (χ4v) is 3.43. The summed E-state index contributed by atoms with van der Waals surface area (Å²) in [5.41, 5.74) is 0.580. The van der Waals surface area contributed by atoms with Crippen molar-refractivity contribution >= 4 is 11.9 Å². The molecule has 0 bridgehead atoms. The summed E-state index contributed by atoms with van der Waals surface area (Å²) in [6.45, 7) is 2.13. The van der Waals surface area contributed by atoms with Crippen molar-refractivity contribution < 1.29 is 23.5 Å². The molecule has 150 valence electrons. The number of likely N-dealkylation sites (N-methyl/N-ethyl adjacent to an activating group) is 1. The summed E-state index contributed by atoms with van der Waals surface area (Å²) in [6.07, 6.45) is 5.66. The molecule has 2 aromatic rings. The molecule has 6 heteroatoms. The Labute approximate surface area is 165 Å². The van der Waals surface area contributed by atoms with Gasteiger partial charge in [-0.2, -0.15) is 0 Å². The van der Waals surface area contributed by atoms with Crippen LogP contribution in [0.3, 0.4) is 0 Å². The SMILES string of the molecule is CC1CCC(N(C)C(=O)COC(=O)c2occc2COc2ccccc2)CC1. The average Bonchev–Trinajstić information content (AvgIpc) is 3.20. The number of hydrogen-bond donors (Lipinski definition) is 0. The molecule has 0 N–H and O–H groups in total. The maximum atomic E-state index is 12.4. The van der Waals surface area contributed by atoms with Gasteiger partial charge in [0.2, 0.25) is 5.76 Å². The van der Waals surface area contributed by atoms with Gasteiger partial charge in [-0.15, -0.1) is 0 Å². The van der Waals surface area contributed by atoms with Crippen LogP contribution in [0.5, 0.6) is 5.75 Å². The van der Waals surface area contributed by atoms with Crippen molar-refractivity contribution in [2.24, 2.45) is 5.92 Å². The van der Waals surface area contributed by atoms with E-state index in [1.54, 1.807) is 18.0 Å². The lowest BCUT2D eigenvalue weighted by atomic mass is 9.87. The number of ether oxygens (including phenoxy) is 2. The molecule has 1 heterocycles. The standard InChI is InChI=1S/C22H27NO5/c1-16-8-10-18(11-9-16)23(2)20(24)15-28-22(25)21-17(12-13-26-21)14-27-19-6-4-3-5-7-19/h3-7,12-13,16,18H,8-11,14-15H2,1-2H3. The van der Waals surface area contributed by atoms with E-state index in [9.17, 15) is 9.59 Å². The van der Waals surface area contributed by atoms with Crippen LogP contribution in [0.1, 0.15) is 48.7 Å². The zero-order valence-corrected chi connectivity index (χ0v) is 16.4. The lowest BCUT2D eigenvalue weighted by Gasteiger charge is -2.33. The topological polar surface area (TPSA) is 69.0 Å². The molecule has 0 radical (unpaired) electrons. The van der Waals surface area contributed by atoms with Gasteiger partial charge in [0.05, 0.1) is 6.26 Å². The van der Waals surface area contributed by atoms with Gasteiger partial charge in [-0.25, -0.2) is 4.79 Å². The second-order valence-electron chi connectivity index (χ2n) is 7.37. The van der Waals surface area contributed by atoms with Crippen LogP contribution < -0.4 is 4.74 Å². The Hall–Kier alpha value is -2.76. The largest absolute Gasteiger partial charge is 0.489 e. The predicted molar refractivity (Wildman–Crippen MR) is 104 cm³/mol. The molecule has 0 atom stereocenters. The summed E-state index contributed by atoms with van der Waals surface area (Å²) < 4.78 is 16.1. The third-order valence-electron chi connectivity index (χ3n) is 5.32. The number of rotatable bonds is 7. The summed E-state index contributed by atoms with van der Waals surface area (Å²) in [4.78, 5) is 26.4. The molecule has 1 aromatic heterocycles. The Morgan fingerprint density at radius 3 is 2.54 bits per heavy atom. The Kier molecular flexibility index (Phi) is 6.74. The Bertz CT molecular complexity index is 777. The fraction of sp³-hybridized carbons (Fsp3) is 0.455. The predicted octanol–water partition coefficient (Wildman–Crippen LogP) is 4.05. The minimum absolute atomic E-state index is 0.0675. The lowest BCUT2D eigenvalue weighted by Crippen LogP contribution is -2.41. The molecule has 28 heavy (non-hydrogen) atoms. The first kappa shape index (κ1) is 20.0. The number of benzene rings is 1. The van der Waals surface area contributed by atoms with Gasteiger partial charge in [-0.1, -0.05) is 25.1 Å². The number of carbonyl (C=O) groups excluding carboxylic acids is 2. The highest BCUT2D eigenvalue weighted by Crippen LogP contribution is 2.26. The highest BCUT2D eigenvalue weighted by atomic mass is 16.5. The van der Waals surface area contributed by atoms with E-state index >= 15 is 0 Å². The molecule has 0 aliphatic heterocycles. The summed E-state index contributed by atoms with van der Waals surface area (Å²) in [7, 11) is 1.78. The van der Waals surface area contributed by atoms with Crippen molar-refractivity contribution in [2.45, 2.75) is 45.3 Å². The number of para-hydroxylation sites is 1.